The molecule has 0 aromatic heterocycles. The molecule has 1 aliphatic rings. The SMILES string of the molecule is C[C@@H](CNC(=O)CN1C(=O)C(C)(C)c2cc(Br)cc(O)c21)CC(=O)O. The largest absolute Gasteiger partial charge is 0.506 e. The average molecular weight is 413 g/mol. The third-order valence-electron chi connectivity index (χ3n) is 4.25. The van der Waals surface area contributed by atoms with Crippen molar-refractivity contribution in [3.8, 4) is 5.75 Å². The number of hydrogen-bond donors (Lipinski definition) is 3. The van der Waals surface area contributed by atoms with E-state index in [0.717, 1.165) is 0 Å². The second kappa shape index (κ2) is 7.03. The maximum atomic E-state index is 12.7. The smallest absolute Gasteiger partial charge is 0.303 e. The minimum Gasteiger partial charge on any atom is -0.506 e. The summed E-state index contributed by atoms with van der Waals surface area (Å²) in [4.78, 5) is 36.8. The number of amides is 2. The van der Waals surface area contributed by atoms with Crippen LogP contribution in [0.25, 0.3) is 0 Å². The molecular weight excluding hydrogens is 392 g/mol. The highest BCUT2D eigenvalue weighted by Gasteiger charge is 2.46. The molecule has 1 aromatic rings. The Morgan fingerprint density at radius 2 is 2.00 bits per heavy atom. The summed E-state index contributed by atoms with van der Waals surface area (Å²) in [7, 11) is 0. The van der Waals surface area contributed by atoms with Gasteiger partial charge in [0.15, 0.2) is 0 Å². The van der Waals surface area contributed by atoms with Gasteiger partial charge in [0.25, 0.3) is 0 Å². The highest BCUT2D eigenvalue weighted by molar-refractivity contribution is 9.10. The first kappa shape index (κ1) is 19.2. The summed E-state index contributed by atoms with van der Waals surface area (Å²) in [5.74, 6) is -1.90. The number of aromatic hydroxyl groups is 1. The van der Waals surface area contributed by atoms with Crippen molar-refractivity contribution in [2.24, 2.45) is 5.92 Å². The van der Waals surface area contributed by atoms with Gasteiger partial charge < -0.3 is 15.5 Å². The van der Waals surface area contributed by atoms with Gasteiger partial charge in [-0.25, -0.2) is 0 Å². The van der Waals surface area contributed by atoms with Crippen LogP contribution < -0.4 is 10.2 Å². The van der Waals surface area contributed by atoms with Gasteiger partial charge in [-0.3, -0.25) is 19.3 Å². The van der Waals surface area contributed by atoms with Crippen LogP contribution in [0.2, 0.25) is 0 Å². The fourth-order valence-electron chi connectivity index (χ4n) is 2.91. The minimum absolute atomic E-state index is 0.0480. The summed E-state index contributed by atoms with van der Waals surface area (Å²) in [6.07, 6.45) is -0.0480. The maximum absolute atomic E-state index is 12.7. The summed E-state index contributed by atoms with van der Waals surface area (Å²) in [5.41, 5.74) is 0.136. The van der Waals surface area contributed by atoms with E-state index < -0.39 is 17.3 Å². The van der Waals surface area contributed by atoms with Gasteiger partial charge in [-0.15, -0.1) is 0 Å². The van der Waals surface area contributed by atoms with Crippen LogP contribution in [-0.4, -0.2) is 41.1 Å². The van der Waals surface area contributed by atoms with E-state index in [4.69, 9.17) is 5.11 Å². The molecule has 7 nitrogen and oxygen atoms in total. The molecule has 0 radical (unpaired) electrons. The molecule has 0 spiro atoms. The van der Waals surface area contributed by atoms with Crippen LogP contribution in [0.5, 0.6) is 5.75 Å². The van der Waals surface area contributed by atoms with E-state index in [0.29, 0.717) is 15.7 Å². The molecule has 3 N–H and O–H groups in total. The molecule has 25 heavy (non-hydrogen) atoms. The quantitative estimate of drug-likeness (QED) is 0.662. The Labute approximate surface area is 154 Å². The molecule has 0 saturated heterocycles. The lowest BCUT2D eigenvalue weighted by molar-refractivity contribution is -0.138. The lowest BCUT2D eigenvalue weighted by Gasteiger charge is -2.20. The Bertz CT molecular complexity index is 732. The Morgan fingerprint density at radius 1 is 1.36 bits per heavy atom. The number of nitrogens with zero attached hydrogens (tertiary/aromatic N) is 1. The number of carboxylic acid groups (broad SMARTS) is 1. The second-order valence-electron chi connectivity index (χ2n) is 6.84. The number of phenols is 1. The summed E-state index contributed by atoms with van der Waals surface area (Å²) >= 11 is 3.30. The number of phenolic OH excluding ortho intramolecular Hbond substituents is 1. The Hall–Kier alpha value is -2.09. The highest BCUT2D eigenvalue weighted by Crippen LogP contribution is 2.47. The van der Waals surface area contributed by atoms with E-state index >= 15 is 0 Å². The molecule has 1 heterocycles. The zero-order chi connectivity index (χ0) is 18.9. The number of hydrogen-bond acceptors (Lipinski definition) is 4. The van der Waals surface area contributed by atoms with Crippen LogP contribution in [0.1, 0.15) is 32.8 Å². The number of anilines is 1. The van der Waals surface area contributed by atoms with Gasteiger partial charge >= 0.3 is 5.97 Å². The first-order chi connectivity index (χ1) is 11.5. The van der Waals surface area contributed by atoms with E-state index in [2.05, 4.69) is 21.2 Å². The molecule has 1 aromatic carbocycles. The van der Waals surface area contributed by atoms with Gasteiger partial charge in [0, 0.05) is 17.4 Å². The predicted molar refractivity (Wildman–Crippen MR) is 95.6 cm³/mol. The zero-order valence-corrected chi connectivity index (χ0v) is 15.9. The summed E-state index contributed by atoms with van der Waals surface area (Å²) in [6, 6.07) is 3.24. The van der Waals surface area contributed by atoms with Crippen LogP contribution >= 0.6 is 15.9 Å². The number of carbonyl (C=O) groups excluding carboxylic acids is 2. The first-order valence-electron chi connectivity index (χ1n) is 7.87. The molecule has 0 saturated carbocycles. The van der Waals surface area contributed by atoms with Crippen molar-refractivity contribution < 1.29 is 24.6 Å². The predicted octanol–water partition coefficient (Wildman–Crippen LogP) is 2.01. The number of nitrogens with one attached hydrogen (secondary N) is 1. The molecule has 0 fully saturated rings. The van der Waals surface area contributed by atoms with E-state index in [-0.39, 0.29) is 37.1 Å². The molecule has 136 valence electrons. The normalized spacial score (nSPS) is 16.5. The van der Waals surface area contributed by atoms with Crippen molar-refractivity contribution in [2.45, 2.75) is 32.6 Å². The molecule has 8 heteroatoms. The van der Waals surface area contributed by atoms with Gasteiger partial charge in [-0.2, -0.15) is 0 Å². The van der Waals surface area contributed by atoms with Gasteiger partial charge in [-0.1, -0.05) is 22.9 Å². The Kier molecular flexibility index (Phi) is 5.41. The molecule has 1 atom stereocenters. The molecule has 2 rings (SSSR count). The number of benzene rings is 1. The number of rotatable bonds is 6. The maximum Gasteiger partial charge on any atom is 0.303 e. The van der Waals surface area contributed by atoms with Crippen LogP contribution in [0.3, 0.4) is 0 Å². The third kappa shape index (κ3) is 3.95. The highest BCUT2D eigenvalue weighted by atomic mass is 79.9. The lowest BCUT2D eigenvalue weighted by Crippen LogP contribution is -2.43. The number of fused-ring (bicyclic) bond motifs is 1. The van der Waals surface area contributed by atoms with Crippen molar-refractivity contribution in [3.05, 3.63) is 22.2 Å². The standard InChI is InChI=1S/C17H21BrN2O5/c1-9(4-14(23)24)7-19-13(22)8-20-15-11(17(2,3)16(20)25)5-10(18)6-12(15)21/h5-6,9,21H,4,7-8H2,1-3H3,(H,19,22)(H,23,24)/t9-/m1/s1. The van der Waals surface area contributed by atoms with Gasteiger partial charge in [0.2, 0.25) is 11.8 Å². The van der Waals surface area contributed by atoms with E-state index in [1.54, 1.807) is 26.8 Å². The number of halogens is 1. The molecular formula is C17H21BrN2O5. The minimum atomic E-state index is -0.928. The average Bonchev–Trinajstić information content (AvgIpc) is 2.66. The second-order valence-corrected chi connectivity index (χ2v) is 7.76. The monoisotopic (exact) mass is 412 g/mol. The van der Waals surface area contributed by atoms with Crippen molar-refractivity contribution >= 4 is 39.4 Å². The van der Waals surface area contributed by atoms with E-state index in [1.807, 2.05) is 0 Å². The van der Waals surface area contributed by atoms with Crippen LogP contribution in [-0.2, 0) is 19.8 Å². The fraction of sp³-hybridized carbons (Fsp3) is 0.471. The Balaban J connectivity index is 2.15. The number of carbonyl (C=O) groups is 3. The van der Waals surface area contributed by atoms with Gasteiger partial charge in [-0.05, 0) is 37.5 Å². The summed E-state index contributed by atoms with van der Waals surface area (Å²) in [5, 5.41) is 21.6. The molecule has 0 aliphatic carbocycles. The fourth-order valence-corrected chi connectivity index (χ4v) is 3.35. The van der Waals surface area contributed by atoms with Crippen molar-refractivity contribution in [2.75, 3.05) is 18.0 Å². The van der Waals surface area contributed by atoms with Crippen molar-refractivity contribution in [1.82, 2.24) is 5.32 Å². The Morgan fingerprint density at radius 3 is 2.60 bits per heavy atom. The van der Waals surface area contributed by atoms with E-state index in [9.17, 15) is 19.5 Å². The van der Waals surface area contributed by atoms with E-state index in [1.165, 1.54) is 11.0 Å². The van der Waals surface area contributed by atoms with Crippen LogP contribution in [0.4, 0.5) is 5.69 Å². The topological polar surface area (TPSA) is 107 Å². The molecule has 0 bridgehead atoms. The summed E-state index contributed by atoms with van der Waals surface area (Å²) in [6.45, 7) is 5.18. The van der Waals surface area contributed by atoms with Crippen molar-refractivity contribution in [1.29, 1.82) is 0 Å². The zero-order valence-electron chi connectivity index (χ0n) is 14.3. The molecule has 0 unspecified atom stereocenters. The number of carboxylic acids is 1. The molecule has 1 aliphatic heterocycles. The first-order valence-corrected chi connectivity index (χ1v) is 8.66. The van der Waals surface area contributed by atoms with Gasteiger partial charge in [0.05, 0.1) is 11.1 Å². The van der Waals surface area contributed by atoms with Crippen molar-refractivity contribution in [3.63, 3.8) is 0 Å². The lowest BCUT2D eigenvalue weighted by atomic mass is 9.86. The number of aliphatic carboxylic acids is 1. The van der Waals surface area contributed by atoms with Crippen LogP contribution in [0.15, 0.2) is 16.6 Å². The summed E-state index contributed by atoms with van der Waals surface area (Å²) < 4.78 is 0.651. The van der Waals surface area contributed by atoms with Crippen LogP contribution in [0, 0.1) is 5.92 Å². The third-order valence-corrected chi connectivity index (χ3v) is 4.71. The molecule has 2 amide bonds. The van der Waals surface area contributed by atoms with Gasteiger partial charge in [0.1, 0.15) is 12.3 Å².